The standard InChI is InChI=1S/C17H28F3N5S.HI/c1-3-21-16(23-8-11-25-9-5-13(2)6-10-25)22-7-4-15-24-14(12-26-15)17(18,19)20;/h12-13H,3-11H2,1-2H3,(H2,21,22,23);1H. The highest BCUT2D eigenvalue weighted by Gasteiger charge is 2.33. The lowest BCUT2D eigenvalue weighted by Crippen LogP contribution is -2.39. The van der Waals surface area contributed by atoms with E-state index in [1.807, 2.05) is 6.92 Å². The van der Waals surface area contributed by atoms with E-state index in [2.05, 4.69) is 32.4 Å². The van der Waals surface area contributed by atoms with Crippen LogP contribution in [0.2, 0.25) is 0 Å². The Bertz CT molecular complexity index is 571. The van der Waals surface area contributed by atoms with E-state index in [0.717, 1.165) is 48.8 Å². The molecule has 0 aliphatic carbocycles. The molecule has 1 aromatic rings. The molecule has 2 N–H and O–H groups in total. The number of rotatable bonds is 7. The van der Waals surface area contributed by atoms with Gasteiger partial charge in [0.15, 0.2) is 11.7 Å². The Kier molecular flexibility index (Phi) is 10.9. The van der Waals surface area contributed by atoms with Gasteiger partial charge in [0.25, 0.3) is 0 Å². The highest BCUT2D eigenvalue weighted by atomic mass is 127. The van der Waals surface area contributed by atoms with E-state index >= 15 is 0 Å². The van der Waals surface area contributed by atoms with Gasteiger partial charge in [-0.3, -0.25) is 4.99 Å². The summed E-state index contributed by atoms with van der Waals surface area (Å²) in [6, 6.07) is 0. The number of hydrogen-bond acceptors (Lipinski definition) is 4. The fraction of sp³-hybridized carbons (Fsp3) is 0.765. The van der Waals surface area contributed by atoms with Crippen molar-refractivity contribution in [2.24, 2.45) is 10.9 Å². The first-order chi connectivity index (χ1) is 12.4. The second kappa shape index (κ2) is 12.1. The monoisotopic (exact) mass is 519 g/mol. The van der Waals surface area contributed by atoms with Crippen LogP contribution < -0.4 is 10.6 Å². The summed E-state index contributed by atoms with van der Waals surface area (Å²) in [6.45, 7) is 9.42. The SMILES string of the molecule is CCNC(=NCCN1CCC(C)CC1)NCCc1nc(C(F)(F)F)cs1.I. The van der Waals surface area contributed by atoms with Crippen LogP contribution in [-0.2, 0) is 12.6 Å². The summed E-state index contributed by atoms with van der Waals surface area (Å²) in [4.78, 5) is 10.6. The molecule has 0 radical (unpaired) electrons. The van der Waals surface area contributed by atoms with Gasteiger partial charge in [-0.15, -0.1) is 35.3 Å². The maximum absolute atomic E-state index is 12.6. The van der Waals surface area contributed by atoms with Crippen LogP contribution in [0, 0.1) is 5.92 Å². The minimum Gasteiger partial charge on any atom is -0.357 e. The Morgan fingerprint density at radius 3 is 2.63 bits per heavy atom. The maximum Gasteiger partial charge on any atom is 0.434 e. The number of aromatic nitrogens is 1. The molecule has 0 bridgehead atoms. The quantitative estimate of drug-likeness (QED) is 0.329. The van der Waals surface area contributed by atoms with Gasteiger partial charge in [-0.05, 0) is 38.8 Å². The molecule has 5 nitrogen and oxygen atoms in total. The Labute approximate surface area is 180 Å². The summed E-state index contributed by atoms with van der Waals surface area (Å²) in [6.07, 6.45) is -1.44. The number of thiazole rings is 1. The lowest BCUT2D eigenvalue weighted by Gasteiger charge is -2.29. The smallest absolute Gasteiger partial charge is 0.357 e. The van der Waals surface area contributed by atoms with Crippen molar-refractivity contribution in [3.63, 3.8) is 0 Å². The van der Waals surface area contributed by atoms with E-state index in [1.165, 1.54) is 12.8 Å². The second-order valence-corrected chi connectivity index (χ2v) is 7.53. The first-order valence-corrected chi connectivity index (χ1v) is 10.0. The molecule has 1 fully saturated rings. The molecule has 0 spiro atoms. The first kappa shape index (κ1) is 24.4. The fourth-order valence-corrected chi connectivity index (χ4v) is 3.58. The Morgan fingerprint density at radius 1 is 1.33 bits per heavy atom. The summed E-state index contributed by atoms with van der Waals surface area (Å²) in [7, 11) is 0. The molecule has 1 aliphatic rings. The first-order valence-electron chi connectivity index (χ1n) is 9.14. The number of hydrogen-bond donors (Lipinski definition) is 2. The number of likely N-dealkylation sites (tertiary alicyclic amines) is 1. The molecule has 0 atom stereocenters. The van der Waals surface area contributed by atoms with Crippen LogP contribution in [0.1, 0.15) is 37.4 Å². The van der Waals surface area contributed by atoms with Crippen molar-refractivity contribution in [3.8, 4) is 0 Å². The summed E-state index contributed by atoms with van der Waals surface area (Å²) >= 11 is 1.04. The Balaban J connectivity index is 0.00000364. The molecule has 1 aliphatic heterocycles. The van der Waals surface area contributed by atoms with Gasteiger partial charge in [0.2, 0.25) is 0 Å². The van der Waals surface area contributed by atoms with Crippen LogP contribution in [-0.4, -0.2) is 55.1 Å². The van der Waals surface area contributed by atoms with Gasteiger partial charge in [0, 0.05) is 31.4 Å². The van der Waals surface area contributed by atoms with Crippen LogP contribution in [0.25, 0.3) is 0 Å². The molecule has 0 unspecified atom stereocenters. The average molecular weight is 519 g/mol. The minimum absolute atomic E-state index is 0. The van der Waals surface area contributed by atoms with Gasteiger partial charge in [-0.25, -0.2) is 4.98 Å². The number of alkyl halides is 3. The molecule has 0 saturated carbocycles. The highest BCUT2D eigenvalue weighted by Crippen LogP contribution is 2.29. The van der Waals surface area contributed by atoms with E-state index in [9.17, 15) is 13.2 Å². The molecule has 0 aromatic carbocycles. The van der Waals surface area contributed by atoms with Crippen LogP contribution in [0.15, 0.2) is 10.4 Å². The van der Waals surface area contributed by atoms with Crippen LogP contribution >= 0.6 is 35.3 Å². The van der Waals surface area contributed by atoms with E-state index in [0.29, 0.717) is 30.5 Å². The number of nitrogens with zero attached hydrogens (tertiary/aromatic N) is 3. The summed E-state index contributed by atoms with van der Waals surface area (Å²) in [5.74, 6) is 1.52. The number of piperidine rings is 1. The summed E-state index contributed by atoms with van der Waals surface area (Å²) in [5.41, 5.74) is -0.811. The lowest BCUT2D eigenvalue weighted by molar-refractivity contribution is -0.140. The zero-order chi connectivity index (χ0) is 19.0. The fourth-order valence-electron chi connectivity index (χ4n) is 2.77. The van der Waals surface area contributed by atoms with Gasteiger partial charge in [-0.1, -0.05) is 6.92 Å². The van der Waals surface area contributed by atoms with Crippen molar-refractivity contribution in [2.75, 3.05) is 39.3 Å². The number of aliphatic imine (C=N–C) groups is 1. The molecule has 2 rings (SSSR count). The average Bonchev–Trinajstić information content (AvgIpc) is 3.06. The van der Waals surface area contributed by atoms with Gasteiger partial charge >= 0.3 is 6.18 Å². The largest absolute Gasteiger partial charge is 0.434 e. The number of nitrogens with one attached hydrogen (secondary N) is 2. The van der Waals surface area contributed by atoms with Crippen molar-refractivity contribution < 1.29 is 13.2 Å². The Hall–Kier alpha value is -0.620. The summed E-state index contributed by atoms with van der Waals surface area (Å²) in [5, 5.41) is 7.87. The van der Waals surface area contributed by atoms with Crippen molar-refractivity contribution >= 4 is 41.3 Å². The zero-order valence-corrected chi connectivity index (χ0v) is 19.0. The molecule has 2 heterocycles. The van der Waals surface area contributed by atoms with Gasteiger partial charge in [-0.2, -0.15) is 13.2 Å². The molecule has 1 aromatic heterocycles. The van der Waals surface area contributed by atoms with Crippen molar-refractivity contribution in [1.82, 2.24) is 20.5 Å². The van der Waals surface area contributed by atoms with Crippen molar-refractivity contribution in [1.29, 1.82) is 0 Å². The Morgan fingerprint density at radius 2 is 2.04 bits per heavy atom. The van der Waals surface area contributed by atoms with Gasteiger partial charge in [0.05, 0.1) is 11.6 Å². The summed E-state index contributed by atoms with van der Waals surface area (Å²) < 4.78 is 37.7. The molecule has 27 heavy (non-hydrogen) atoms. The predicted molar refractivity (Wildman–Crippen MR) is 115 cm³/mol. The third-order valence-electron chi connectivity index (χ3n) is 4.38. The number of halogens is 4. The molecular weight excluding hydrogens is 490 g/mol. The van der Waals surface area contributed by atoms with Crippen molar-refractivity contribution in [3.05, 3.63) is 16.1 Å². The minimum atomic E-state index is -4.37. The molecular formula is C17H29F3IN5S. The third-order valence-corrected chi connectivity index (χ3v) is 5.29. The highest BCUT2D eigenvalue weighted by molar-refractivity contribution is 14.0. The maximum atomic E-state index is 12.6. The van der Waals surface area contributed by atoms with E-state index in [-0.39, 0.29) is 24.0 Å². The molecule has 1 saturated heterocycles. The van der Waals surface area contributed by atoms with Crippen LogP contribution in [0.3, 0.4) is 0 Å². The topological polar surface area (TPSA) is 52.6 Å². The predicted octanol–water partition coefficient (Wildman–Crippen LogP) is 3.61. The molecule has 0 amide bonds. The van der Waals surface area contributed by atoms with E-state index in [1.54, 1.807) is 0 Å². The van der Waals surface area contributed by atoms with Crippen LogP contribution in [0.5, 0.6) is 0 Å². The van der Waals surface area contributed by atoms with Gasteiger partial charge in [0.1, 0.15) is 0 Å². The normalized spacial score (nSPS) is 16.9. The van der Waals surface area contributed by atoms with Crippen molar-refractivity contribution in [2.45, 2.75) is 39.3 Å². The third kappa shape index (κ3) is 8.95. The van der Waals surface area contributed by atoms with Crippen LogP contribution in [0.4, 0.5) is 13.2 Å². The zero-order valence-electron chi connectivity index (χ0n) is 15.8. The molecule has 156 valence electrons. The van der Waals surface area contributed by atoms with E-state index < -0.39 is 11.9 Å². The number of guanidine groups is 1. The van der Waals surface area contributed by atoms with E-state index in [4.69, 9.17) is 0 Å². The lowest BCUT2D eigenvalue weighted by atomic mass is 9.99. The second-order valence-electron chi connectivity index (χ2n) is 6.59. The molecule has 10 heteroatoms. The van der Waals surface area contributed by atoms with Gasteiger partial charge < -0.3 is 15.5 Å².